The average Bonchev–Trinajstić information content (AvgIpc) is 2.41. The zero-order chi connectivity index (χ0) is 12.8. The summed E-state index contributed by atoms with van der Waals surface area (Å²) in [4.78, 5) is 0. The lowest BCUT2D eigenvalue weighted by atomic mass is 10.1. The molecule has 0 radical (unpaired) electrons. The molecular weight excluding hydrogens is 232 g/mol. The average molecular weight is 248 g/mol. The van der Waals surface area contributed by atoms with E-state index in [9.17, 15) is 5.11 Å². The summed E-state index contributed by atoms with van der Waals surface area (Å²) in [6, 6.07) is 10.9. The molecule has 2 rings (SSSR count). The summed E-state index contributed by atoms with van der Waals surface area (Å²) in [6.45, 7) is 1.17. The summed E-state index contributed by atoms with van der Waals surface area (Å²) in [5.74, 6) is 0.963. The highest BCUT2D eigenvalue weighted by atomic mass is 16.5. The smallest absolute Gasteiger partial charge is 0.127 e. The van der Waals surface area contributed by atoms with Crippen LogP contribution in [0.4, 0.5) is 0 Å². The molecule has 18 heavy (non-hydrogen) atoms. The van der Waals surface area contributed by atoms with Gasteiger partial charge in [0.1, 0.15) is 18.1 Å². The van der Waals surface area contributed by atoms with Crippen molar-refractivity contribution in [2.75, 3.05) is 26.4 Å². The number of hydrogen-bond acceptors (Lipinski definition) is 4. The van der Waals surface area contributed by atoms with Crippen molar-refractivity contribution in [3.8, 4) is 11.5 Å². The van der Waals surface area contributed by atoms with Gasteiger partial charge in [0.2, 0.25) is 0 Å². The summed E-state index contributed by atoms with van der Waals surface area (Å²) in [5, 5.41) is 19.9. The van der Waals surface area contributed by atoms with Crippen molar-refractivity contribution in [3.63, 3.8) is 0 Å². The highest BCUT2D eigenvalue weighted by Crippen LogP contribution is 2.31. The molecule has 0 heterocycles. The molecule has 2 aromatic rings. The van der Waals surface area contributed by atoms with Gasteiger partial charge in [-0.1, -0.05) is 24.3 Å². The zero-order valence-corrected chi connectivity index (χ0v) is 10.0. The lowest BCUT2D eigenvalue weighted by Gasteiger charge is -2.10. The van der Waals surface area contributed by atoms with Gasteiger partial charge in [-0.15, -0.1) is 0 Å². The standard InChI is InChI=1S/C14H16O4/c15-7-8-17-9-10-18-14-6-5-13(16)11-3-1-2-4-12(11)14/h1-6,15-16H,7-10H2. The molecule has 4 heteroatoms. The van der Waals surface area contributed by atoms with Gasteiger partial charge in [-0.3, -0.25) is 0 Å². The Morgan fingerprint density at radius 1 is 0.889 bits per heavy atom. The maximum atomic E-state index is 9.73. The van der Waals surface area contributed by atoms with Crippen LogP contribution >= 0.6 is 0 Å². The van der Waals surface area contributed by atoms with Crippen molar-refractivity contribution in [2.24, 2.45) is 0 Å². The van der Waals surface area contributed by atoms with E-state index in [1.54, 1.807) is 12.1 Å². The van der Waals surface area contributed by atoms with Crippen LogP contribution in [0.1, 0.15) is 0 Å². The predicted octanol–water partition coefficient (Wildman–Crippen LogP) is 1.93. The summed E-state index contributed by atoms with van der Waals surface area (Å²) in [7, 11) is 0. The minimum absolute atomic E-state index is 0.0160. The van der Waals surface area contributed by atoms with Crippen molar-refractivity contribution in [1.82, 2.24) is 0 Å². The first-order valence-corrected chi connectivity index (χ1v) is 5.85. The second-order valence-electron chi connectivity index (χ2n) is 3.81. The molecule has 0 fully saturated rings. The third-order valence-electron chi connectivity index (χ3n) is 2.58. The minimum atomic E-state index is 0.0160. The van der Waals surface area contributed by atoms with Crippen molar-refractivity contribution in [2.45, 2.75) is 0 Å². The number of aliphatic hydroxyl groups is 1. The summed E-state index contributed by atoms with van der Waals surface area (Å²) >= 11 is 0. The second kappa shape index (κ2) is 6.23. The molecule has 2 N–H and O–H groups in total. The van der Waals surface area contributed by atoms with Gasteiger partial charge in [0, 0.05) is 10.8 Å². The van der Waals surface area contributed by atoms with E-state index in [-0.39, 0.29) is 12.4 Å². The Morgan fingerprint density at radius 3 is 2.44 bits per heavy atom. The molecule has 0 spiro atoms. The number of aromatic hydroxyl groups is 1. The molecule has 96 valence electrons. The second-order valence-corrected chi connectivity index (χ2v) is 3.81. The van der Waals surface area contributed by atoms with Gasteiger partial charge in [0.15, 0.2) is 0 Å². The predicted molar refractivity (Wildman–Crippen MR) is 69.0 cm³/mol. The molecule has 0 bridgehead atoms. The SMILES string of the molecule is OCCOCCOc1ccc(O)c2ccccc12. The summed E-state index contributed by atoms with van der Waals surface area (Å²) < 4.78 is 10.7. The van der Waals surface area contributed by atoms with Crippen molar-refractivity contribution in [3.05, 3.63) is 36.4 Å². The van der Waals surface area contributed by atoms with Crippen LogP contribution in [-0.2, 0) is 4.74 Å². The Labute approximate surface area is 105 Å². The molecule has 0 saturated carbocycles. The van der Waals surface area contributed by atoms with E-state index >= 15 is 0 Å². The van der Waals surface area contributed by atoms with Gasteiger partial charge < -0.3 is 19.7 Å². The fourth-order valence-electron chi connectivity index (χ4n) is 1.76. The molecule has 4 nitrogen and oxygen atoms in total. The van der Waals surface area contributed by atoms with Crippen molar-refractivity contribution < 1.29 is 19.7 Å². The molecule has 2 aromatic carbocycles. The normalized spacial score (nSPS) is 10.7. The van der Waals surface area contributed by atoms with Crippen LogP contribution in [0.3, 0.4) is 0 Å². The van der Waals surface area contributed by atoms with Crippen LogP contribution < -0.4 is 4.74 Å². The molecule has 0 amide bonds. The Balaban J connectivity index is 2.07. The maximum Gasteiger partial charge on any atom is 0.127 e. The van der Waals surface area contributed by atoms with E-state index in [2.05, 4.69) is 0 Å². The van der Waals surface area contributed by atoms with Crippen molar-refractivity contribution >= 4 is 10.8 Å². The number of ether oxygens (including phenoxy) is 2. The molecule has 0 unspecified atom stereocenters. The Bertz CT molecular complexity index is 510. The van der Waals surface area contributed by atoms with Gasteiger partial charge in [0.25, 0.3) is 0 Å². The minimum Gasteiger partial charge on any atom is -0.507 e. The fourth-order valence-corrected chi connectivity index (χ4v) is 1.76. The molecule has 0 aliphatic rings. The van der Waals surface area contributed by atoms with E-state index in [4.69, 9.17) is 14.6 Å². The van der Waals surface area contributed by atoms with Crippen LogP contribution in [0.15, 0.2) is 36.4 Å². The van der Waals surface area contributed by atoms with Gasteiger partial charge in [-0.05, 0) is 12.1 Å². The van der Waals surface area contributed by atoms with E-state index in [0.717, 1.165) is 16.5 Å². The first-order chi connectivity index (χ1) is 8.83. The third kappa shape index (κ3) is 2.91. The van der Waals surface area contributed by atoms with Crippen LogP contribution in [-0.4, -0.2) is 36.6 Å². The molecule has 0 aliphatic carbocycles. The van der Waals surface area contributed by atoms with Crippen LogP contribution in [0.2, 0.25) is 0 Å². The third-order valence-corrected chi connectivity index (χ3v) is 2.58. The van der Waals surface area contributed by atoms with Crippen LogP contribution in [0, 0.1) is 0 Å². The van der Waals surface area contributed by atoms with Gasteiger partial charge in [-0.2, -0.15) is 0 Å². The number of phenols is 1. The Morgan fingerprint density at radius 2 is 1.67 bits per heavy atom. The molecule has 0 aliphatic heterocycles. The quantitative estimate of drug-likeness (QED) is 0.767. The monoisotopic (exact) mass is 248 g/mol. The molecule has 0 atom stereocenters. The van der Waals surface area contributed by atoms with Crippen molar-refractivity contribution in [1.29, 1.82) is 0 Å². The molecule has 0 aromatic heterocycles. The van der Waals surface area contributed by atoms with E-state index in [1.165, 1.54) is 0 Å². The molecule has 0 saturated heterocycles. The van der Waals surface area contributed by atoms with Crippen LogP contribution in [0.25, 0.3) is 10.8 Å². The zero-order valence-electron chi connectivity index (χ0n) is 10.0. The van der Waals surface area contributed by atoms with Gasteiger partial charge >= 0.3 is 0 Å². The first-order valence-electron chi connectivity index (χ1n) is 5.85. The number of phenolic OH excluding ortho intramolecular Hbond substituents is 1. The topological polar surface area (TPSA) is 58.9 Å². The maximum absolute atomic E-state index is 9.73. The number of benzene rings is 2. The number of hydrogen-bond donors (Lipinski definition) is 2. The number of aliphatic hydroxyl groups excluding tert-OH is 1. The summed E-state index contributed by atoms with van der Waals surface area (Å²) in [6.07, 6.45) is 0. The lowest BCUT2D eigenvalue weighted by molar-refractivity contribution is 0.0708. The fraction of sp³-hybridized carbons (Fsp3) is 0.286. The lowest BCUT2D eigenvalue weighted by Crippen LogP contribution is -2.09. The largest absolute Gasteiger partial charge is 0.507 e. The van der Waals surface area contributed by atoms with E-state index in [1.807, 2.05) is 24.3 Å². The van der Waals surface area contributed by atoms with E-state index < -0.39 is 0 Å². The highest BCUT2D eigenvalue weighted by Gasteiger charge is 2.05. The summed E-state index contributed by atoms with van der Waals surface area (Å²) in [5.41, 5.74) is 0. The highest BCUT2D eigenvalue weighted by molar-refractivity contribution is 5.92. The van der Waals surface area contributed by atoms with Crippen LogP contribution in [0.5, 0.6) is 11.5 Å². The van der Waals surface area contributed by atoms with Gasteiger partial charge in [0.05, 0.1) is 19.8 Å². The number of fused-ring (bicyclic) bond motifs is 1. The Kier molecular flexibility index (Phi) is 4.39. The number of rotatable bonds is 6. The Hall–Kier alpha value is -1.78. The van der Waals surface area contributed by atoms with Gasteiger partial charge in [-0.25, -0.2) is 0 Å². The van der Waals surface area contributed by atoms with E-state index in [0.29, 0.717) is 19.8 Å². The first kappa shape index (κ1) is 12.7. The molecular formula is C14H16O4.